The molecule has 0 aliphatic rings. The van der Waals surface area contributed by atoms with Crippen molar-refractivity contribution < 1.29 is 76.2 Å². The first-order valence-corrected chi connectivity index (χ1v) is 25.2. The zero-order valence-electron chi connectivity index (χ0n) is 39.2. The number of primary amides is 1. The Hall–Kier alpha value is -7.96. The third-order valence-electron chi connectivity index (χ3n) is 11.3. The molecule has 0 aliphatic heterocycles. The number of nitrogens with one attached hydrogen (secondary N) is 5. The van der Waals surface area contributed by atoms with Crippen molar-refractivity contribution in [3.8, 4) is 5.75 Å². The summed E-state index contributed by atoms with van der Waals surface area (Å²) in [5.74, 6) is -10.8. The largest absolute Gasteiger partial charge is 0.493 e. The van der Waals surface area contributed by atoms with E-state index in [2.05, 4.69) is 26.6 Å². The molecule has 0 saturated carbocycles. The molecular formula is C49H54N6O16S2. The van der Waals surface area contributed by atoms with E-state index >= 15 is 0 Å². The average Bonchev–Trinajstić information content (AvgIpc) is 3.74. The molecule has 5 rings (SSSR count). The molecule has 0 aliphatic carbocycles. The molecule has 1 heterocycles. The molecule has 0 saturated heterocycles. The average molecular weight is 1050 g/mol. The fraction of sp³-hybridized carbons (Fsp3) is 0.327. The van der Waals surface area contributed by atoms with E-state index in [9.17, 15) is 71.4 Å². The summed E-state index contributed by atoms with van der Waals surface area (Å²) in [7, 11) is -4.41. The lowest BCUT2D eigenvalue weighted by molar-refractivity contribution is -0.140. The van der Waals surface area contributed by atoms with E-state index in [1.54, 1.807) is 66.9 Å². The molecule has 22 nitrogen and oxygen atoms in total. The van der Waals surface area contributed by atoms with Crippen LogP contribution in [0.3, 0.4) is 0 Å². The van der Waals surface area contributed by atoms with Crippen LogP contribution in [0.25, 0.3) is 20.9 Å². The van der Waals surface area contributed by atoms with Crippen LogP contribution in [0.4, 0.5) is 0 Å². The number of nitrogens with two attached hydrogens (primary N) is 1. The number of ether oxygens (including phenoxy) is 1. The molecule has 0 fully saturated rings. The standard InChI is InChI=1S/C49H54N6O16S2/c1-2-71-38-19-15-29-7-3-4-9-32(29)43(38)49(67)55-36(23-27-11-13-28(14-12-27)26-73(68,69)70)47(65)53-34(17-21-41(58)59)45(63)52-35(18-22-42(60)61)46(64)54-37(24-30-25-72-39-10-6-5-8-31(30)39)48(66)51-33(44(50)62)16-20-40(56)57/h3-15,19,25,33-37H,2,16-18,20-24,26H2,1H3,(H2,50,62)(H,51,66)(H,52,63)(H,53,65)(H,54,64)(H,55,67)(H,56,57)(H,58,59)(H,60,61)(H,68,69,70)/t33-,34-,35-,36-,37-/m0/s1. The van der Waals surface area contributed by atoms with Gasteiger partial charge < -0.3 is 52.4 Å². The molecule has 0 radical (unpaired) electrons. The Morgan fingerprint density at radius 2 is 1.07 bits per heavy atom. The maximum absolute atomic E-state index is 14.5. The van der Waals surface area contributed by atoms with Crippen LogP contribution in [0.2, 0.25) is 0 Å². The number of carboxylic acid groups (broad SMARTS) is 3. The summed E-state index contributed by atoms with van der Waals surface area (Å²) in [6.07, 6.45) is -4.09. The van der Waals surface area contributed by atoms with E-state index in [1.807, 2.05) is 6.07 Å². The van der Waals surface area contributed by atoms with E-state index in [-0.39, 0.29) is 36.3 Å². The molecule has 5 atom stereocenters. The number of rotatable bonds is 28. The SMILES string of the molecule is CCOc1ccc2ccccc2c1C(=O)N[C@@H](Cc1ccc(CS(=O)(=O)O)cc1)C(=O)N[C@@H](CCC(=O)O)C(=O)N[C@@H](CCC(=O)O)C(=O)N[C@@H](Cc1csc2ccccc12)C(=O)N[C@@H](CCC(=O)O)C(N)=O. The van der Waals surface area contributed by atoms with Crippen LogP contribution < -0.4 is 37.1 Å². The van der Waals surface area contributed by atoms with Gasteiger partial charge in [-0.05, 0) is 76.5 Å². The van der Waals surface area contributed by atoms with Crippen LogP contribution >= 0.6 is 11.3 Å². The van der Waals surface area contributed by atoms with Gasteiger partial charge in [-0.25, -0.2) is 0 Å². The lowest BCUT2D eigenvalue weighted by Gasteiger charge is -2.27. The smallest absolute Gasteiger partial charge is 0.303 e. The number of fused-ring (bicyclic) bond motifs is 2. The molecule has 0 spiro atoms. The van der Waals surface area contributed by atoms with Crippen molar-refractivity contribution in [3.05, 3.63) is 113 Å². The quantitative estimate of drug-likeness (QED) is 0.0322. The second kappa shape index (κ2) is 25.9. The van der Waals surface area contributed by atoms with E-state index in [0.29, 0.717) is 27.3 Å². The Morgan fingerprint density at radius 3 is 1.62 bits per heavy atom. The summed E-state index contributed by atoms with van der Waals surface area (Å²) < 4.78 is 39.0. The first kappa shape index (κ1) is 56.0. The minimum Gasteiger partial charge on any atom is -0.493 e. The fourth-order valence-corrected chi connectivity index (χ4v) is 9.34. The highest BCUT2D eigenvalue weighted by molar-refractivity contribution is 7.85. The van der Waals surface area contributed by atoms with Crippen LogP contribution in [0.5, 0.6) is 5.75 Å². The first-order valence-electron chi connectivity index (χ1n) is 22.7. The number of aliphatic carboxylic acids is 3. The lowest BCUT2D eigenvalue weighted by atomic mass is 10.00. The van der Waals surface area contributed by atoms with Gasteiger partial charge in [0.1, 0.15) is 41.7 Å². The highest BCUT2D eigenvalue weighted by Gasteiger charge is 2.34. The predicted octanol–water partition coefficient (Wildman–Crippen LogP) is 2.44. The third kappa shape index (κ3) is 16.8. The van der Waals surface area contributed by atoms with Crippen LogP contribution in [0.15, 0.2) is 90.3 Å². The van der Waals surface area contributed by atoms with Gasteiger partial charge in [0, 0.05) is 36.8 Å². The number of amides is 6. The van der Waals surface area contributed by atoms with Gasteiger partial charge in [0.05, 0.1) is 12.2 Å². The summed E-state index contributed by atoms with van der Waals surface area (Å²) >= 11 is 1.33. The van der Waals surface area contributed by atoms with E-state index in [1.165, 1.54) is 35.6 Å². The number of carboxylic acids is 3. The molecule has 4 aromatic carbocycles. The molecule has 388 valence electrons. The van der Waals surface area contributed by atoms with Gasteiger partial charge in [0.25, 0.3) is 16.0 Å². The van der Waals surface area contributed by atoms with Crippen molar-refractivity contribution >= 4 is 95.7 Å². The van der Waals surface area contributed by atoms with E-state index in [4.69, 9.17) is 10.5 Å². The molecule has 5 aromatic rings. The number of carbonyl (C=O) groups excluding carboxylic acids is 6. The molecule has 1 aromatic heterocycles. The second-order valence-corrected chi connectivity index (χ2v) is 19.1. The normalized spacial score (nSPS) is 13.3. The summed E-state index contributed by atoms with van der Waals surface area (Å²) in [6.45, 7) is 1.86. The Labute approximate surface area is 421 Å². The zero-order chi connectivity index (χ0) is 53.4. The summed E-state index contributed by atoms with van der Waals surface area (Å²) in [6, 6.07) is 14.8. The molecule has 0 unspecified atom stereocenters. The zero-order valence-corrected chi connectivity index (χ0v) is 40.8. The van der Waals surface area contributed by atoms with Gasteiger partial charge in [0.2, 0.25) is 29.5 Å². The maximum Gasteiger partial charge on any atom is 0.303 e. The molecular weight excluding hydrogens is 993 g/mol. The van der Waals surface area contributed by atoms with Crippen molar-refractivity contribution in [2.75, 3.05) is 6.61 Å². The van der Waals surface area contributed by atoms with Gasteiger partial charge in [0.15, 0.2) is 0 Å². The van der Waals surface area contributed by atoms with Crippen molar-refractivity contribution in [2.24, 2.45) is 5.73 Å². The summed E-state index contributed by atoms with van der Waals surface area (Å²) in [5.41, 5.74) is 6.64. The Balaban J connectivity index is 1.46. The minimum atomic E-state index is -4.41. The van der Waals surface area contributed by atoms with Gasteiger partial charge in [-0.1, -0.05) is 72.8 Å². The predicted molar refractivity (Wildman–Crippen MR) is 265 cm³/mol. The highest BCUT2D eigenvalue weighted by Crippen LogP contribution is 2.29. The van der Waals surface area contributed by atoms with Crippen molar-refractivity contribution in [1.82, 2.24) is 26.6 Å². The van der Waals surface area contributed by atoms with Gasteiger partial charge in [-0.3, -0.25) is 47.7 Å². The first-order chi connectivity index (χ1) is 34.6. The van der Waals surface area contributed by atoms with Gasteiger partial charge in [-0.2, -0.15) is 8.42 Å². The third-order valence-corrected chi connectivity index (χ3v) is 13.0. The number of carbonyl (C=O) groups is 9. The minimum absolute atomic E-state index is 0.0540. The maximum atomic E-state index is 14.5. The van der Waals surface area contributed by atoms with E-state index < -0.39 is 138 Å². The van der Waals surface area contributed by atoms with Crippen LogP contribution in [0, 0.1) is 0 Å². The monoisotopic (exact) mass is 1050 g/mol. The van der Waals surface area contributed by atoms with Gasteiger partial charge >= 0.3 is 17.9 Å². The summed E-state index contributed by atoms with van der Waals surface area (Å²) in [5, 5.41) is 44.5. The van der Waals surface area contributed by atoms with Crippen LogP contribution in [-0.4, -0.2) is 118 Å². The number of hydrogen-bond donors (Lipinski definition) is 10. The molecule has 0 bridgehead atoms. The number of hydrogen-bond acceptors (Lipinski definition) is 13. The van der Waals surface area contributed by atoms with Crippen LogP contribution in [0.1, 0.15) is 72.5 Å². The van der Waals surface area contributed by atoms with Crippen molar-refractivity contribution in [2.45, 2.75) is 94.3 Å². The fourth-order valence-electron chi connectivity index (χ4n) is 7.76. The molecule has 6 amide bonds. The van der Waals surface area contributed by atoms with Crippen molar-refractivity contribution in [1.29, 1.82) is 0 Å². The number of benzene rings is 4. The molecule has 24 heteroatoms. The Morgan fingerprint density at radius 1 is 0.589 bits per heavy atom. The second-order valence-electron chi connectivity index (χ2n) is 16.8. The van der Waals surface area contributed by atoms with Crippen LogP contribution in [-0.2, 0) is 67.1 Å². The Kier molecular flexibility index (Phi) is 19.9. The molecule has 73 heavy (non-hydrogen) atoms. The van der Waals surface area contributed by atoms with Gasteiger partial charge in [-0.15, -0.1) is 11.3 Å². The Bertz CT molecular complexity index is 2980. The highest BCUT2D eigenvalue weighted by atomic mass is 32.2. The lowest BCUT2D eigenvalue weighted by Crippen LogP contribution is -2.59. The summed E-state index contributed by atoms with van der Waals surface area (Å²) in [4.78, 5) is 119. The van der Waals surface area contributed by atoms with E-state index in [0.717, 1.165) is 4.70 Å². The molecule has 11 N–H and O–H groups in total. The van der Waals surface area contributed by atoms with Crippen molar-refractivity contribution in [3.63, 3.8) is 0 Å². The topological polar surface area (TPSA) is 364 Å². The number of thiophene rings is 1.